The molecule has 0 saturated carbocycles. The Hall–Kier alpha value is -3.30. The molecule has 8 aliphatic heterocycles. The van der Waals surface area contributed by atoms with E-state index in [0.717, 1.165) is 13.2 Å². The summed E-state index contributed by atoms with van der Waals surface area (Å²) in [6, 6.07) is 0. The summed E-state index contributed by atoms with van der Waals surface area (Å²) in [4.78, 5) is 51.1. The van der Waals surface area contributed by atoms with Crippen LogP contribution in [0.15, 0.2) is 25.3 Å². The van der Waals surface area contributed by atoms with Gasteiger partial charge in [-0.3, -0.25) is 9.59 Å². The molecule has 17 N–H and O–H groups in total. The van der Waals surface area contributed by atoms with E-state index in [0.29, 0.717) is 24.2 Å². The lowest BCUT2D eigenvalue weighted by molar-refractivity contribution is -0.375. The molecule has 0 aromatic carbocycles. The Labute approximate surface area is 613 Å². The lowest BCUT2D eigenvalue weighted by Crippen LogP contribution is -2.66. The largest absolute Gasteiger partial charge is 0.456 e. The van der Waals surface area contributed by atoms with Crippen LogP contribution in [0.5, 0.6) is 0 Å². The fourth-order valence-electron chi connectivity index (χ4n) is 12.2. The summed E-state index contributed by atoms with van der Waals surface area (Å²) in [6.07, 6.45) is -65.9. The molecule has 42 nitrogen and oxygen atoms in total. The molecule has 0 radical (unpaired) electrons. The Morgan fingerprint density at radius 3 is 1.35 bits per heavy atom. The number of aliphatic hydroxyl groups excluding tert-OH is 17. The molecule has 0 aromatic rings. The molecule has 44 heteroatoms. The number of carbonyl (C=O) groups excluding carboxylic acids is 4. The van der Waals surface area contributed by atoms with Crippen molar-refractivity contribution in [3.8, 4) is 0 Å². The van der Waals surface area contributed by atoms with E-state index in [-0.39, 0.29) is 50.8 Å². The second-order valence-corrected chi connectivity index (χ2v) is 27.8. The monoisotopic (exact) mass is 1580 g/mol. The van der Waals surface area contributed by atoms with Crippen LogP contribution in [-0.2, 0) is 119 Å². The molecule has 8 heterocycles. The van der Waals surface area contributed by atoms with Crippen molar-refractivity contribution in [2.75, 3.05) is 110 Å². The second-order valence-electron chi connectivity index (χ2n) is 25.4. The quantitative estimate of drug-likeness (QED) is 0.0365. The van der Waals surface area contributed by atoms with Crippen molar-refractivity contribution in [3.63, 3.8) is 0 Å². The number of rotatable bonds is 17. The summed E-state index contributed by atoms with van der Waals surface area (Å²) in [5.41, 5.74) is 0. The fourth-order valence-corrected chi connectivity index (χ4v) is 13.7. The van der Waals surface area contributed by atoms with Crippen LogP contribution in [0.2, 0.25) is 0 Å². The molecule has 8 aliphatic rings. The van der Waals surface area contributed by atoms with Crippen LogP contribution in [0.1, 0.15) is 12.8 Å². The number of fused-ring (bicyclic) bond motifs is 8. The molecule has 14 unspecified atom stereocenters. The van der Waals surface area contributed by atoms with Crippen LogP contribution in [0.4, 0.5) is 0 Å². The summed E-state index contributed by atoms with van der Waals surface area (Å²) >= 11 is 2.68. The number of aliphatic hydroxyl groups is 17. The summed E-state index contributed by atoms with van der Waals surface area (Å²) in [7, 11) is 2.39. The van der Waals surface area contributed by atoms with Gasteiger partial charge in [-0.15, -0.1) is 0 Å². The average molecular weight is 1580 g/mol. The van der Waals surface area contributed by atoms with Crippen molar-refractivity contribution in [1.29, 1.82) is 0 Å². The number of esters is 4. The highest BCUT2D eigenvalue weighted by Gasteiger charge is 2.57. The van der Waals surface area contributed by atoms with E-state index in [9.17, 15) is 106 Å². The standard InChI is InChI=1S/C62H98O42S2/c1-5-31(64)100-51-37(70)24(17-63)93-58(47(51)80)89-19-26-35(68)42(75)44(77)57(96-26)88-22-29-40(73)53(101-32(65)6-2)48(81)60(97-29)92-23-30-41(74)55-50(83)61(98-30)91-21-28-39(72)52(46(79)56(85-4)94-28)102-33(66)7-13-105-15-11-86-9-10-87-12-16-106-14-8-34(67)103-54-38(71)25(18-84-3)95-59(49(54)82)90-20-27-36(69)43(76)45(78)62(99-27)104-55/h5-6,24-30,35-63,68-83H,1-2,7-23H2,3-4H3/t24?,25?,26?,27?,28?,29?,30?,35-,36-,37-,38-,39-,40-,41-,42+,43+,44?,45?,46?,47?,48?,49?,50?,51+,52+,53+,54+,55+,56+,57+,58+,59+,60+,61+,62-/m1/s1. The highest BCUT2D eigenvalue weighted by atomic mass is 32.2. The molecule has 8 saturated heterocycles. The highest BCUT2D eigenvalue weighted by molar-refractivity contribution is 7.99. The van der Waals surface area contributed by atoms with Crippen LogP contribution in [0.3, 0.4) is 0 Å². The molecular weight excluding hydrogens is 1480 g/mol. The maximum atomic E-state index is 13.2. The summed E-state index contributed by atoms with van der Waals surface area (Å²) in [6.45, 7) is 1.98. The molecule has 610 valence electrons. The van der Waals surface area contributed by atoms with Gasteiger partial charge < -0.3 is 186 Å². The van der Waals surface area contributed by atoms with E-state index in [2.05, 4.69) is 13.2 Å². The van der Waals surface area contributed by atoms with Crippen molar-refractivity contribution in [1.82, 2.24) is 0 Å². The zero-order chi connectivity index (χ0) is 77.2. The Balaban J connectivity index is 1.02. The van der Waals surface area contributed by atoms with Gasteiger partial charge in [-0.1, -0.05) is 13.2 Å². The Bertz CT molecular complexity index is 2700. The van der Waals surface area contributed by atoms with Gasteiger partial charge in [0.25, 0.3) is 0 Å². The molecule has 8 fully saturated rings. The first kappa shape index (κ1) is 88.3. The Kier molecular flexibility index (Phi) is 35.4. The van der Waals surface area contributed by atoms with Gasteiger partial charge in [-0.2, -0.15) is 23.5 Å². The lowest BCUT2D eigenvalue weighted by atomic mass is 9.96. The van der Waals surface area contributed by atoms with Gasteiger partial charge in [0.05, 0.1) is 85.5 Å². The zero-order valence-electron chi connectivity index (χ0n) is 57.4. The molecule has 0 aliphatic carbocycles. The maximum absolute atomic E-state index is 13.2. The van der Waals surface area contributed by atoms with Crippen molar-refractivity contribution in [2.45, 2.75) is 228 Å². The second kappa shape index (κ2) is 42.5. The minimum Gasteiger partial charge on any atom is -0.456 e. The van der Waals surface area contributed by atoms with Crippen LogP contribution < -0.4 is 0 Å². The SMILES string of the molecule is C=CC(=O)O[C@@H]1C(O)[C@@H](OCC2O[C@H](OCC3O[C@H](OCC4O[C@@H]5OCC6O[C@H](OC)C(O)[C@@H](OC(=O)CCSCCOCCOCCSCCC(=O)O[C@@H]7C(O)[C@@H](OCC8O[C@H](O[C@H](C5O)[C@@H]4O)C(O)[C@@H](O)[C@@H]8O)OC(COC)[C@H]7O)[C@@H]6O)C(O)[C@@H](OC(=O)C=C)[C@@H]3O)C(O)[C@@H](O)[C@@H]2O)OC(CO)[C@H]1O. The molecule has 106 heavy (non-hydrogen) atoms. The first-order valence-electron chi connectivity index (χ1n) is 33.9. The number of hydrogen-bond donors (Lipinski definition) is 17. The van der Waals surface area contributed by atoms with Gasteiger partial charge in [0.1, 0.15) is 146 Å². The van der Waals surface area contributed by atoms with Crippen molar-refractivity contribution in [3.05, 3.63) is 25.3 Å². The minimum absolute atomic E-state index is 0.170. The zero-order valence-corrected chi connectivity index (χ0v) is 59.1. The fraction of sp³-hybridized carbons (Fsp3) is 0.871. The third kappa shape index (κ3) is 22.8. The number of thioether (sulfide) groups is 2. The molecular formula is C62H98O42S2. The van der Waals surface area contributed by atoms with E-state index in [1.54, 1.807) is 0 Å². The maximum Gasteiger partial charge on any atom is 0.330 e. The van der Waals surface area contributed by atoms with Gasteiger partial charge in [-0.25, -0.2) is 9.59 Å². The van der Waals surface area contributed by atoms with E-state index >= 15 is 0 Å². The smallest absolute Gasteiger partial charge is 0.330 e. The van der Waals surface area contributed by atoms with Crippen LogP contribution in [0.25, 0.3) is 0 Å². The van der Waals surface area contributed by atoms with Crippen molar-refractivity contribution < 1.29 is 205 Å². The lowest BCUT2D eigenvalue weighted by Gasteiger charge is -2.47. The number of hydrogen-bond acceptors (Lipinski definition) is 44. The van der Waals surface area contributed by atoms with Gasteiger partial charge in [0.2, 0.25) is 0 Å². The Morgan fingerprint density at radius 1 is 0.415 bits per heavy atom. The van der Waals surface area contributed by atoms with Crippen LogP contribution in [0, 0.1) is 0 Å². The van der Waals surface area contributed by atoms with E-state index in [1.165, 1.54) is 30.6 Å². The van der Waals surface area contributed by atoms with Gasteiger partial charge in [-0.05, 0) is 0 Å². The van der Waals surface area contributed by atoms with Gasteiger partial charge >= 0.3 is 23.9 Å². The molecule has 0 aromatic heterocycles. The highest BCUT2D eigenvalue weighted by Crippen LogP contribution is 2.36. The molecule has 35 atom stereocenters. The van der Waals surface area contributed by atoms with Crippen LogP contribution in [-0.4, -0.2) is 436 Å². The summed E-state index contributed by atoms with van der Waals surface area (Å²) in [5, 5.41) is 191. The van der Waals surface area contributed by atoms with Gasteiger partial charge in [0.15, 0.2) is 68.4 Å². The molecule has 0 amide bonds. The van der Waals surface area contributed by atoms with Crippen molar-refractivity contribution >= 4 is 47.4 Å². The predicted molar refractivity (Wildman–Crippen MR) is 343 cm³/mol. The molecule has 8 rings (SSSR count). The molecule has 0 spiro atoms. The number of carbonyl (C=O) groups is 4. The number of methoxy groups -OCH3 is 2. The number of ether oxygens (including phenoxy) is 21. The van der Waals surface area contributed by atoms with E-state index in [1.807, 2.05) is 0 Å². The van der Waals surface area contributed by atoms with Crippen molar-refractivity contribution in [2.24, 2.45) is 0 Å². The summed E-state index contributed by atoms with van der Waals surface area (Å²) in [5.74, 6) is -2.57. The topological polar surface area (TPSA) is 606 Å². The third-order valence-corrected chi connectivity index (χ3v) is 20.0. The molecule has 8 bridgehead atoms. The minimum atomic E-state index is -2.25. The van der Waals surface area contributed by atoms with Gasteiger partial charge in [0, 0.05) is 49.4 Å². The third-order valence-electron chi connectivity index (χ3n) is 18.1. The first-order valence-corrected chi connectivity index (χ1v) is 36.2. The Morgan fingerprint density at radius 2 is 0.849 bits per heavy atom. The first-order chi connectivity index (χ1) is 50.7. The van der Waals surface area contributed by atoms with E-state index < -0.39 is 278 Å². The van der Waals surface area contributed by atoms with E-state index in [4.69, 9.17) is 99.5 Å². The average Bonchev–Trinajstić information content (AvgIpc) is 0.788. The summed E-state index contributed by atoms with van der Waals surface area (Å²) < 4.78 is 119. The van der Waals surface area contributed by atoms with Crippen LogP contribution >= 0.6 is 23.5 Å². The normalized spacial score (nSPS) is 45.0. The predicted octanol–water partition coefficient (Wildman–Crippen LogP) is -11.1.